The van der Waals surface area contributed by atoms with Gasteiger partial charge in [0.25, 0.3) is 0 Å². The monoisotopic (exact) mass is 392 g/mol. The summed E-state index contributed by atoms with van der Waals surface area (Å²) in [6.07, 6.45) is 10.0. The first-order valence-corrected chi connectivity index (χ1v) is 10.7. The summed E-state index contributed by atoms with van der Waals surface area (Å²) in [4.78, 5) is 0. The average molecular weight is 393 g/mol. The second-order valence-electron chi connectivity index (χ2n) is 8.96. The van der Waals surface area contributed by atoms with E-state index < -0.39 is 0 Å². The molecule has 1 fully saturated rings. The quantitative estimate of drug-likeness (QED) is 0.672. The van der Waals surface area contributed by atoms with Crippen LogP contribution in [0.1, 0.15) is 62.8 Å². The second-order valence-corrected chi connectivity index (χ2v) is 8.96. The van der Waals surface area contributed by atoms with Crippen molar-refractivity contribution in [3.8, 4) is 5.69 Å². The van der Waals surface area contributed by atoms with Crippen molar-refractivity contribution in [2.45, 2.75) is 64.9 Å². The van der Waals surface area contributed by atoms with Crippen molar-refractivity contribution < 1.29 is 9.84 Å². The maximum atomic E-state index is 9.53. The molecule has 0 aliphatic heterocycles. The number of nitrogens with zero attached hydrogens (tertiary/aromatic N) is 2. The zero-order chi connectivity index (χ0) is 20.6. The van der Waals surface area contributed by atoms with E-state index in [-0.39, 0.29) is 17.6 Å². The number of aliphatic hydroxyl groups is 1. The van der Waals surface area contributed by atoms with E-state index in [4.69, 9.17) is 9.84 Å². The lowest BCUT2D eigenvalue weighted by atomic mass is 9.56. The molecule has 2 aliphatic carbocycles. The molecule has 4 rings (SSSR count). The molecular weight excluding hydrogens is 360 g/mol. The molecule has 0 radical (unpaired) electrons. The molecule has 4 heteroatoms. The van der Waals surface area contributed by atoms with Gasteiger partial charge in [-0.05, 0) is 76.1 Å². The van der Waals surface area contributed by atoms with Crippen molar-refractivity contribution in [1.82, 2.24) is 9.78 Å². The molecular formula is C25H32N2O2. The Labute approximate surface area is 173 Å². The molecule has 29 heavy (non-hydrogen) atoms. The van der Waals surface area contributed by atoms with Crippen molar-refractivity contribution in [2.24, 2.45) is 5.41 Å². The molecule has 0 amide bonds. The molecule has 154 valence electrons. The van der Waals surface area contributed by atoms with Crippen molar-refractivity contribution in [3.63, 3.8) is 0 Å². The third kappa shape index (κ3) is 3.33. The summed E-state index contributed by atoms with van der Waals surface area (Å²) in [5.74, 6) is 0.756. The third-order valence-corrected chi connectivity index (χ3v) is 6.87. The van der Waals surface area contributed by atoms with Gasteiger partial charge in [0.15, 0.2) is 0 Å². The van der Waals surface area contributed by atoms with E-state index >= 15 is 0 Å². The van der Waals surface area contributed by atoms with E-state index in [2.05, 4.69) is 55.4 Å². The molecule has 1 aromatic carbocycles. The number of rotatable bonds is 6. The zero-order valence-corrected chi connectivity index (χ0v) is 17.9. The summed E-state index contributed by atoms with van der Waals surface area (Å²) in [6.45, 7) is 10.6. The normalized spacial score (nSPS) is 25.7. The Morgan fingerprint density at radius 2 is 2.07 bits per heavy atom. The molecule has 1 heterocycles. The van der Waals surface area contributed by atoms with Gasteiger partial charge in [-0.3, -0.25) is 0 Å². The van der Waals surface area contributed by atoms with Crippen LogP contribution in [0.4, 0.5) is 0 Å². The van der Waals surface area contributed by atoms with Gasteiger partial charge >= 0.3 is 0 Å². The fraction of sp³-hybridized carbons (Fsp3) is 0.480. The highest BCUT2D eigenvalue weighted by atomic mass is 16.5. The minimum Gasteiger partial charge on any atom is -0.492 e. The van der Waals surface area contributed by atoms with Crippen LogP contribution in [0.15, 0.2) is 48.4 Å². The number of ether oxygens (including phenoxy) is 1. The first-order chi connectivity index (χ1) is 13.9. The first kappa shape index (κ1) is 20.0. The summed E-state index contributed by atoms with van der Waals surface area (Å²) in [7, 11) is 0. The first-order valence-electron chi connectivity index (χ1n) is 10.7. The molecule has 0 spiro atoms. The lowest BCUT2D eigenvalue weighted by molar-refractivity contribution is -0.108. The molecule has 0 unspecified atom stereocenters. The van der Waals surface area contributed by atoms with Crippen molar-refractivity contribution >= 4 is 6.08 Å². The van der Waals surface area contributed by atoms with Gasteiger partial charge in [-0.15, -0.1) is 0 Å². The molecule has 1 N–H and O–H groups in total. The molecule has 1 saturated carbocycles. The molecule has 0 bridgehead atoms. The fourth-order valence-corrected chi connectivity index (χ4v) is 5.35. The Hall–Kier alpha value is -2.33. The standard InChI is InChI=1S/C25H32N2O2/c1-18(2)29-25(13-6-14-28)12-5-7-21-15-23-20(16-24(21,25)4)17-26-27(23)22-10-8-19(3)9-11-22/h8-11,15,17,28H,1,5-7,12-14,16H2,2-4H3/t24-,25+/m0/s1. The highest BCUT2D eigenvalue weighted by molar-refractivity contribution is 5.62. The third-order valence-electron chi connectivity index (χ3n) is 6.87. The topological polar surface area (TPSA) is 47.3 Å². The van der Waals surface area contributed by atoms with E-state index in [0.717, 1.165) is 50.0 Å². The lowest BCUT2D eigenvalue weighted by Gasteiger charge is -2.54. The largest absolute Gasteiger partial charge is 0.492 e. The van der Waals surface area contributed by atoms with Crippen LogP contribution < -0.4 is 0 Å². The lowest BCUT2D eigenvalue weighted by Crippen LogP contribution is -2.54. The highest BCUT2D eigenvalue weighted by Crippen LogP contribution is 2.57. The SMILES string of the molecule is C=C(C)O[C@@]1(CCCO)CCCC2=Cc3c(cnn3-c3ccc(C)cc3)C[C@@]21C. The fourth-order valence-electron chi connectivity index (χ4n) is 5.35. The Bertz CT molecular complexity index is 940. The van der Waals surface area contributed by atoms with E-state index in [1.807, 2.05) is 13.1 Å². The molecule has 1 aromatic heterocycles. The van der Waals surface area contributed by atoms with Crippen LogP contribution in [-0.4, -0.2) is 27.1 Å². The van der Waals surface area contributed by atoms with Crippen LogP contribution in [0.2, 0.25) is 0 Å². The Morgan fingerprint density at radius 3 is 2.76 bits per heavy atom. The van der Waals surface area contributed by atoms with Crippen LogP contribution in [0.25, 0.3) is 11.8 Å². The highest BCUT2D eigenvalue weighted by Gasteiger charge is 2.55. The number of hydrogen-bond donors (Lipinski definition) is 1. The Kier molecular flexibility index (Phi) is 5.16. The summed E-state index contributed by atoms with van der Waals surface area (Å²) >= 11 is 0. The molecule has 2 aromatic rings. The van der Waals surface area contributed by atoms with Gasteiger partial charge < -0.3 is 9.84 Å². The molecule has 4 nitrogen and oxygen atoms in total. The van der Waals surface area contributed by atoms with Gasteiger partial charge in [-0.25, -0.2) is 4.68 Å². The number of aromatic nitrogens is 2. The van der Waals surface area contributed by atoms with Crippen molar-refractivity contribution in [2.75, 3.05) is 6.61 Å². The van der Waals surface area contributed by atoms with Gasteiger partial charge in [0.1, 0.15) is 5.60 Å². The van der Waals surface area contributed by atoms with Crippen LogP contribution in [0.3, 0.4) is 0 Å². The van der Waals surface area contributed by atoms with Gasteiger partial charge in [0, 0.05) is 12.0 Å². The number of allylic oxidation sites excluding steroid dienone is 1. The predicted octanol–water partition coefficient (Wildman–Crippen LogP) is 5.37. The average Bonchev–Trinajstić information content (AvgIpc) is 3.08. The Morgan fingerprint density at radius 1 is 1.31 bits per heavy atom. The number of benzene rings is 1. The molecule has 2 aliphatic rings. The molecule has 2 atom stereocenters. The van der Waals surface area contributed by atoms with Crippen LogP contribution in [-0.2, 0) is 11.2 Å². The van der Waals surface area contributed by atoms with Gasteiger partial charge in [-0.2, -0.15) is 5.10 Å². The van der Waals surface area contributed by atoms with Crippen LogP contribution in [0.5, 0.6) is 0 Å². The minimum absolute atomic E-state index is 0.118. The van der Waals surface area contributed by atoms with Gasteiger partial charge in [-0.1, -0.05) is 36.8 Å². The van der Waals surface area contributed by atoms with Crippen LogP contribution in [0, 0.1) is 12.3 Å². The smallest absolute Gasteiger partial charge is 0.118 e. The van der Waals surface area contributed by atoms with E-state index in [0.29, 0.717) is 0 Å². The van der Waals surface area contributed by atoms with Gasteiger partial charge in [0.2, 0.25) is 0 Å². The van der Waals surface area contributed by atoms with Gasteiger partial charge in [0.05, 0.1) is 23.3 Å². The minimum atomic E-state index is -0.324. The zero-order valence-electron chi connectivity index (χ0n) is 17.9. The number of fused-ring (bicyclic) bond motifs is 2. The second kappa shape index (κ2) is 7.49. The van der Waals surface area contributed by atoms with E-state index in [1.54, 1.807) is 0 Å². The number of aliphatic hydroxyl groups excluding tert-OH is 1. The summed E-state index contributed by atoms with van der Waals surface area (Å²) in [5, 5.41) is 14.3. The maximum Gasteiger partial charge on any atom is 0.118 e. The van der Waals surface area contributed by atoms with E-state index in [1.165, 1.54) is 22.4 Å². The van der Waals surface area contributed by atoms with E-state index in [9.17, 15) is 5.11 Å². The number of hydrogen-bond acceptors (Lipinski definition) is 3. The molecule has 0 saturated heterocycles. The maximum absolute atomic E-state index is 9.53. The predicted molar refractivity (Wildman–Crippen MR) is 117 cm³/mol. The summed E-state index contributed by atoms with van der Waals surface area (Å²) in [5.41, 5.74) is 5.79. The van der Waals surface area contributed by atoms with Crippen molar-refractivity contribution in [1.29, 1.82) is 0 Å². The summed E-state index contributed by atoms with van der Waals surface area (Å²) < 4.78 is 8.56. The number of aryl methyl sites for hydroxylation is 1. The Balaban J connectivity index is 1.77. The van der Waals surface area contributed by atoms with Crippen molar-refractivity contribution in [3.05, 3.63) is 65.2 Å². The summed E-state index contributed by atoms with van der Waals surface area (Å²) in [6, 6.07) is 8.52. The van der Waals surface area contributed by atoms with Crippen LogP contribution >= 0.6 is 0 Å².